The third kappa shape index (κ3) is 3.49. The summed E-state index contributed by atoms with van der Waals surface area (Å²) >= 11 is 0. The molecule has 2 N–H and O–H groups in total. The molecule has 5 nitrogen and oxygen atoms in total. The van der Waals surface area contributed by atoms with Crippen LogP contribution < -0.4 is 10.6 Å². The lowest BCUT2D eigenvalue weighted by Crippen LogP contribution is -2.38. The van der Waals surface area contributed by atoms with Crippen molar-refractivity contribution in [3.05, 3.63) is 48.4 Å². The Balaban J connectivity index is 1.30. The van der Waals surface area contributed by atoms with E-state index in [2.05, 4.69) is 15.6 Å². The molecule has 1 saturated carbocycles. The van der Waals surface area contributed by atoms with Crippen LogP contribution in [-0.2, 0) is 4.74 Å². The van der Waals surface area contributed by atoms with Crippen molar-refractivity contribution in [2.75, 3.05) is 18.4 Å². The fourth-order valence-corrected chi connectivity index (χ4v) is 3.78. The minimum absolute atomic E-state index is 0.265. The van der Waals surface area contributed by atoms with Crippen LogP contribution in [0.1, 0.15) is 25.7 Å². The summed E-state index contributed by atoms with van der Waals surface area (Å²) in [4.78, 5) is 15.7. The highest BCUT2D eigenvalue weighted by atomic mass is 19.1. The SMILES string of the molecule is O=C1NC[C@]2(CC[C@@H](CNc3ccc(-c4ccccc4F)nc3)CC2)O1. The summed E-state index contributed by atoms with van der Waals surface area (Å²) in [6, 6.07) is 10.4. The molecule has 26 heavy (non-hydrogen) atoms. The van der Waals surface area contributed by atoms with Crippen molar-refractivity contribution in [2.45, 2.75) is 31.3 Å². The highest BCUT2D eigenvalue weighted by Gasteiger charge is 2.42. The number of nitrogens with one attached hydrogen (secondary N) is 2. The van der Waals surface area contributed by atoms with Crippen LogP contribution in [0.25, 0.3) is 11.3 Å². The van der Waals surface area contributed by atoms with Crippen molar-refractivity contribution < 1.29 is 13.9 Å². The monoisotopic (exact) mass is 355 g/mol. The van der Waals surface area contributed by atoms with Gasteiger partial charge in [-0.15, -0.1) is 0 Å². The van der Waals surface area contributed by atoms with E-state index in [0.29, 0.717) is 23.7 Å². The van der Waals surface area contributed by atoms with Gasteiger partial charge >= 0.3 is 6.09 Å². The zero-order chi connectivity index (χ0) is 18.0. The Morgan fingerprint density at radius 1 is 1.23 bits per heavy atom. The van der Waals surface area contributed by atoms with Crippen molar-refractivity contribution in [3.63, 3.8) is 0 Å². The van der Waals surface area contributed by atoms with E-state index in [1.54, 1.807) is 24.4 Å². The van der Waals surface area contributed by atoms with Gasteiger partial charge in [0.15, 0.2) is 0 Å². The van der Waals surface area contributed by atoms with Gasteiger partial charge in [-0.3, -0.25) is 4.98 Å². The Hall–Kier alpha value is -2.63. The van der Waals surface area contributed by atoms with Crippen LogP contribution >= 0.6 is 0 Å². The summed E-state index contributed by atoms with van der Waals surface area (Å²) < 4.78 is 19.3. The van der Waals surface area contributed by atoms with Crippen LogP contribution in [0.3, 0.4) is 0 Å². The Labute approximate surface area is 152 Å². The maximum absolute atomic E-state index is 13.8. The average molecular weight is 355 g/mol. The molecule has 6 heteroatoms. The van der Waals surface area contributed by atoms with Crippen LogP contribution in [0.15, 0.2) is 42.6 Å². The smallest absolute Gasteiger partial charge is 0.407 e. The first-order valence-corrected chi connectivity index (χ1v) is 9.05. The summed E-state index contributed by atoms with van der Waals surface area (Å²) in [5.41, 5.74) is 1.79. The molecule has 1 spiro atoms. The second-order valence-electron chi connectivity index (χ2n) is 7.16. The second kappa shape index (κ2) is 6.94. The van der Waals surface area contributed by atoms with Gasteiger partial charge in [0.1, 0.15) is 11.4 Å². The minimum atomic E-state index is -0.289. The molecule has 0 bridgehead atoms. The number of hydrogen-bond acceptors (Lipinski definition) is 4. The molecule has 0 radical (unpaired) electrons. The number of aromatic nitrogens is 1. The third-order valence-corrected chi connectivity index (χ3v) is 5.39. The van der Waals surface area contributed by atoms with Gasteiger partial charge in [0.05, 0.1) is 24.1 Å². The van der Waals surface area contributed by atoms with Gasteiger partial charge in [-0.25, -0.2) is 9.18 Å². The predicted molar refractivity (Wildman–Crippen MR) is 97.3 cm³/mol. The van der Waals surface area contributed by atoms with Crippen LogP contribution in [0, 0.1) is 11.7 Å². The van der Waals surface area contributed by atoms with Crippen molar-refractivity contribution in [1.29, 1.82) is 0 Å². The maximum Gasteiger partial charge on any atom is 0.407 e. The first-order chi connectivity index (χ1) is 12.6. The standard InChI is InChI=1S/C20H22FN3O2/c21-17-4-2-1-3-16(17)18-6-5-15(12-23-18)22-11-14-7-9-20(10-8-14)13-24-19(25)26-20/h1-6,12,14,22H,7-11,13H2,(H,24,25)/t14-,20-. The number of carbonyl (C=O) groups excluding carboxylic acids is 1. The van der Waals surface area contributed by atoms with E-state index in [1.807, 2.05) is 12.1 Å². The van der Waals surface area contributed by atoms with E-state index in [4.69, 9.17) is 4.74 Å². The predicted octanol–water partition coefficient (Wildman–Crippen LogP) is 3.97. The normalized spacial score (nSPS) is 25.0. The summed E-state index contributed by atoms with van der Waals surface area (Å²) in [6.45, 7) is 1.49. The highest BCUT2D eigenvalue weighted by Crippen LogP contribution is 2.36. The van der Waals surface area contributed by atoms with Gasteiger partial charge in [-0.05, 0) is 55.9 Å². The molecule has 1 aromatic heterocycles. The Bertz CT molecular complexity index is 786. The molecule has 1 aliphatic carbocycles. The third-order valence-electron chi connectivity index (χ3n) is 5.39. The van der Waals surface area contributed by atoms with Crippen LogP contribution in [0.4, 0.5) is 14.9 Å². The molecule has 0 unspecified atom stereocenters. The number of halogens is 1. The molecule has 0 atom stereocenters. The lowest BCUT2D eigenvalue weighted by atomic mass is 9.79. The molecule has 4 rings (SSSR count). The first-order valence-electron chi connectivity index (χ1n) is 9.05. The number of alkyl carbamates (subject to hydrolysis) is 1. The number of carbonyl (C=O) groups is 1. The fourth-order valence-electron chi connectivity index (χ4n) is 3.78. The van der Waals surface area contributed by atoms with Crippen LogP contribution in [-0.4, -0.2) is 29.8 Å². The first kappa shape index (κ1) is 16.8. The van der Waals surface area contributed by atoms with Gasteiger partial charge in [-0.2, -0.15) is 0 Å². The second-order valence-corrected chi connectivity index (χ2v) is 7.16. The van der Waals surface area contributed by atoms with E-state index in [0.717, 1.165) is 37.9 Å². The zero-order valence-corrected chi connectivity index (χ0v) is 14.5. The van der Waals surface area contributed by atoms with Gasteiger partial charge in [0.2, 0.25) is 0 Å². The van der Waals surface area contributed by atoms with Gasteiger partial charge in [-0.1, -0.05) is 12.1 Å². The molecule has 2 heterocycles. The molecule has 136 valence electrons. The molecular formula is C20H22FN3O2. The van der Waals surface area contributed by atoms with Crippen molar-refractivity contribution >= 4 is 11.8 Å². The van der Waals surface area contributed by atoms with Crippen molar-refractivity contribution in [1.82, 2.24) is 10.3 Å². The van der Waals surface area contributed by atoms with Crippen LogP contribution in [0.2, 0.25) is 0 Å². The molecule has 2 aliphatic rings. The number of hydrogen-bond donors (Lipinski definition) is 2. The number of pyridine rings is 1. The molecule has 2 aromatic rings. The van der Waals surface area contributed by atoms with E-state index in [-0.39, 0.29) is 17.5 Å². The Morgan fingerprint density at radius 3 is 2.69 bits per heavy atom. The minimum Gasteiger partial charge on any atom is -0.441 e. The number of rotatable bonds is 4. The fraction of sp³-hybridized carbons (Fsp3) is 0.400. The largest absolute Gasteiger partial charge is 0.441 e. The van der Waals surface area contributed by atoms with Gasteiger partial charge < -0.3 is 15.4 Å². The van der Waals surface area contributed by atoms with E-state index < -0.39 is 0 Å². The van der Waals surface area contributed by atoms with Gasteiger partial charge in [0, 0.05) is 12.1 Å². The van der Waals surface area contributed by atoms with Crippen molar-refractivity contribution in [2.24, 2.45) is 5.92 Å². The van der Waals surface area contributed by atoms with Crippen LogP contribution in [0.5, 0.6) is 0 Å². The molecule has 1 aliphatic heterocycles. The summed E-state index contributed by atoms with van der Waals surface area (Å²) in [6.07, 6.45) is 5.33. The summed E-state index contributed by atoms with van der Waals surface area (Å²) in [7, 11) is 0. The van der Waals surface area contributed by atoms with E-state index in [9.17, 15) is 9.18 Å². The molecular weight excluding hydrogens is 333 g/mol. The molecule has 1 saturated heterocycles. The van der Waals surface area contributed by atoms with E-state index in [1.165, 1.54) is 6.07 Å². The quantitative estimate of drug-likeness (QED) is 0.871. The lowest BCUT2D eigenvalue weighted by Gasteiger charge is -2.34. The summed E-state index contributed by atoms with van der Waals surface area (Å²) in [5, 5.41) is 6.18. The highest BCUT2D eigenvalue weighted by molar-refractivity contribution is 5.70. The number of amides is 1. The Morgan fingerprint density at radius 2 is 2.04 bits per heavy atom. The molecule has 2 fully saturated rings. The number of ether oxygens (including phenoxy) is 1. The van der Waals surface area contributed by atoms with Gasteiger partial charge in [0.25, 0.3) is 0 Å². The number of anilines is 1. The summed E-state index contributed by atoms with van der Waals surface area (Å²) in [5.74, 6) is 0.283. The average Bonchev–Trinajstić information content (AvgIpc) is 3.03. The number of benzene rings is 1. The Kier molecular flexibility index (Phi) is 4.49. The number of nitrogens with zero attached hydrogens (tertiary/aromatic N) is 1. The molecule has 1 amide bonds. The van der Waals surface area contributed by atoms with Crippen molar-refractivity contribution in [3.8, 4) is 11.3 Å². The lowest BCUT2D eigenvalue weighted by molar-refractivity contribution is 0.0148. The topological polar surface area (TPSA) is 63.2 Å². The molecule has 1 aromatic carbocycles. The zero-order valence-electron chi connectivity index (χ0n) is 14.5. The maximum atomic E-state index is 13.8. The van der Waals surface area contributed by atoms with E-state index >= 15 is 0 Å².